The van der Waals surface area contributed by atoms with Crippen molar-refractivity contribution in [3.63, 3.8) is 0 Å². The zero-order valence-corrected chi connectivity index (χ0v) is 11.4. The quantitative estimate of drug-likeness (QED) is 0.343. The molecule has 0 aromatic carbocycles. The molecule has 0 unspecified atom stereocenters. The lowest BCUT2D eigenvalue weighted by molar-refractivity contribution is -0.115. The fourth-order valence-corrected chi connectivity index (χ4v) is 0. The topological polar surface area (TPSA) is 119 Å². The normalized spacial score (nSPS) is 8.00. The average molecular weight is 261 g/mol. The van der Waals surface area contributed by atoms with Gasteiger partial charge in [-0.3, -0.25) is 13.9 Å². The number of nitrogens with zero attached hydrogens (tertiary/aromatic N) is 1. The number of rotatable bonds is 1. The Balaban J connectivity index is -0.0000000621. The van der Waals surface area contributed by atoms with Crippen LogP contribution in [0.1, 0.15) is 0 Å². The van der Waals surface area contributed by atoms with Crippen molar-refractivity contribution in [2.75, 3.05) is 42.3 Å². The third-order valence-corrected chi connectivity index (χ3v) is 0.211. The van der Waals surface area contributed by atoms with Gasteiger partial charge in [-0.15, -0.1) is 0 Å². The molecule has 1 amide bonds. The van der Waals surface area contributed by atoms with Crippen molar-refractivity contribution < 1.29 is 22.3 Å². The fraction of sp³-hybridized carbons (Fsp3) is 0.857. The highest BCUT2D eigenvalue weighted by atomic mass is 32.3. The Labute approximate surface area is 97.6 Å². The summed E-state index contributed by atoms with van der Waals surface area (Å²) >= 11 is 0. The van der Waals surface area contributed by atoms with Gasteiger partial charge in [0.05, 0.1) is 0 Å². The first-order chi connectivity index (χ1) is 7.10. The van der Waals surface area contributed by atoms with Crippen LogP contribution >= 0.6 is 0 Å². The van der Waals surface area contributed by atoms with Gasteiger partial charge < -0.3 is 15.5 Å². The molecule has 4 N–H and O–H groups in total. The van der Waals surface area contributed by atoms with E-state index in [2.05, 4.69) is 10.6 Å². The summed E-state index contributed by atoms with van der Waals surface area (Å²) in [6.07, 6.45) is 0.750. The van der Waals surface area contributed by atoms with E-state index in [9.17, 15) is 4.79 Å². The van der Waals surface area contributed by atoms with Crippen LogP contribution in [0.5, 0.6) is 0 Å². The minimum atomic E-state index is -4.67. The van der Waals surface area contributed by atoms with Gasteiger partial charge >= 0.3 is 10.4 Å². The third-order valence-electron chi connectivity index (χ3n) is 0.211. The molecule has 8 nitrogen and oxygen atoms in total. The second-order valence-corrected chi connectivity index (χ2v) is 3.41. The molecule has 0 rings (SSSR count). The van der Waals surface area contributed by atoms with E-state index in [-0.39, 0.29) is 0 Å². The molecule has 0 saturated carbocycles. The Kier molecular flexibility index (Phi) is 30.3. The molecule has 0 aromatic heterocycles. The molecule has 0 aromatic rings. The molecule has 0 spiro atoms. The summed E-state index contributed by atoms with van der Waals surface area (Å²) in [6.45, 7) is 0. The maximum atomic E-state index is 9.43. The van der Waals surface area contributed by atoms with Crippen molar-refractivity contribution in [3.05, 3.63) is 0 Å². The summed E-state index contributed by atoms with van der Waals surface area (Å²) < 4.78 is 31.6. The Morgan fingerprint density at radius 2 is 1.06 bits per heavy atom. The van der Waals surface area contributed by atoms with E-state index in [4.69, 9.17) is 17.5 Å². The molecule has 0 aliphatic heterocycles. The Morgan fingerprint density at radius 1 is 1.00 bits per heavy atom. The van der Waals surface area contributed by atoms with E-state index < -0.39 is 10.4 Å². The number of carbonyl (C=O) groups excluding carboxylic acids is 1. The molecule has 0 radical (unpaired) electrons. The predicted octanol–water partition coefficient (Wildman–Crippen LogP) is -1.28. The highest BCUT2D eigenvalue weighted by Crippen LogP contribution is 1.59. The monoisotopic (exact) mass is 261 g/mol. The zero-order valence-electron chi connectivity index (χ0n) is 10.6. The van der Waals surface area contributed by atoms with Gasteiger partial charge in [0.2, 0.25) is 6.41 Å². The number of hydrogen-bond acceptors (Lipinski definition) is 5. The van der Waals surface area contributed by atoms with Crippen LogP contribution in [-0.2, 0) is 15.2 Å². The van der Waals surface area contributed by atoms with Crippen LogP contribution in [0.4, 0.5) is 0 Å². The molecule has 102 valence electrons. The van der Waals surface area contributed by atoms with Gasteiger partial charge in [-0.1, -0.05) is 0 Å². The van der Waals surface area contributed by atoms with Gasteiger partial charge in [-0.25, -0.2) is 0 Å². The van der Waals surface area contributed by atoms with E-state index in [0.29, 0.717) is 0 Å². The van der Waals surface area contributed by atoms with Crippen molar-refractivity contribution in [1.82, 2.24) is 15.5 Å². The number of nitrogens with one attached hydrogen (secondary N) is 2. The van der Waals surface area contributed by atoms with Gasteiger partial charge in [-0.05, 0) is 28.2 Å². The Morgan fingerprint density at radius 3 is 1.06 bits per heavy atom. The second kappa shape index (κ2) is 19.8. The summed E-state index contributed by atoms with van der Waals surface area (Å²) in [5.41, 5.74) is 0. The molecule has 0 fully saturated rings. The molecule has 0 saturated heterocycles. The third kappa shape index (κ3) is 1260. The number of hydrogen-bond donors (Lipinski definition) is 4. The van der Waals surface area contributed by atoms with E-state index in [1.807, 2.05) is 28.2 Å². The molecule has 9 heteroatoms. The minimum absolute atomic E-state index is 0.750. The highest BCUT2D eigenvalue weighted by molar-refractivity contribution is 7.79. The molecule has 0 aliphatic rings. The van der Waals surface area contributed by atoms with Gasteiger partial charge in [0.25, 0.3) is 0 Å². The van der Waals surface area contributed by atoms with Gasteiger partial charge in [0.15, 0.2) is 0 Å². The first-order valence-electron chi connectivity index (χ1n) is 4.09. The summed E-state index contributed by atoms with van der Waals surface area (Å²) in [5.74, 6) is 0. The second-order valence-electron chi connectivity index (χ2n) is 2.52. The first kappa shape index (κ1) is 24.5. The van der Waals surface area contributed by atoms with E-state index in [0.717, 1.165) is 6.41 Å². The standard InChI is InChI=1S/C3H7NO.2C2H7N.H2O4S/c1-4(2)3-5;2*1-3-2;1-5(2,3)4/h3H,1-2H3;2*3H,1-2H3;(H2,1,2,3,4). The molecule has 0 atom stereocenters. The van der Waals surface area contributed by atoms with Crippen molar-refractivity contribution >= 4 is 16.8 Å². The average Bonchev–Trinajstić information content (AvgIpc) is 2.04. The Hall–Kier alpha value is -0.740. The minimum Gasteiger partial charge on any atom is -0.351 e. The number of carbonyl (C=O) groups is 1. The zero-order chi connectivity index (χ0) is 14.2. The van der Waals surface area contributed by atoms with Crippen LogP contribution < -0.4 is 10.6 Å². The SMILES string of the molecule is CN(C)C=O.CNC.CNC.O=S(=O)(O)O. The summed E-state index contributed by atoms with van der Waals surface area (Å²) in [6, 6.07) is 0. The molecule has 16 heavy (non-hydrogen) atoms. The van der Waals surface area contributed by atoms with Crippen LogP contribution in [0.25, 0.3) is 0 Å². The predicted molar refractivity (Wildman–Crippen MR) is 63.9 cm³/mol. The van der Waals surface area contributed by atoms with Crippen LogP contribution in [0.3, 0.4) is 0 Å². The first-order valence-corrected chi connectivity index (χ1v) is 5.48. The van der Waals surface area contributed by atoms with E-state index in [1.165, 1.54) is 4.90 Å². The van der Waals surface area contributed by atoms with Gasteiger partial charge in [0.1, 0.15) is 0 Å². The smallest absolute Gasteiger partial charge is 0.351 e. The molecule has 0 heterocycles. The molecular formula is C7H23N3O5S. The highest BCUT2D eigenvalue weighted by Gasteiger charge is 1.84. The van der Waals surface area contributed by atoms with Crippen LogP contribution in [0, 0.1) is 0 Å². The van der Waals surface area contributed by atoms with Crippen molar-refractivity contribution in [1.29, 1.82) is 0 Å². The summed E-state index contributed by atoms with van der Waals surface area (Å²) in [4.78, 5) is 10.9. The maximum absolute atomic E-state index is 9.43. The van der Waals surface area contributed by atoms with E-state index in [1.54, 1.807) is 14.1 Å². The lowest BCUT2D eigenvalue weighted by Crippen LogP contribution is -2.06. The van der Waals surface area contributed by atoms with Crippen molar-refractivity contribution in [2.24, 2.45) is 0 Å². The van der Waals surface area contributed by atoms with Crippen molar-refractivity contribution in [3.8, 4) is 0 Å². The Bertz CT molecular complexity index is 196. The van der Waals surface area contributed by atoms with Crippen molar-refractivity contribution in [2.45, 2.75) is 0 Å². The maximum Gasteiger partial charge on any atom is 0.394 e. The van der Waals surface area contributed by atoms with E-state index >= 15 is 0 Å². The lowest BCUT2D eigenvalue weighted by Gasteiger charge is -1.93. The van der Waals surface area contributed by atoms with Gasteiger partial charge in [-0.2, -0.15) is 8.42 Å². The summed E-state index contributed by atoms with van der Waals surface area (Å²) in [7, 11) is 6.21. The summed E-state index contributed by atoms with van der Waals surface area (Å²) in [5, 5.41) is 5.50. The molecule has 0 bridgehead atoms. The van der Waals surface area contributed by atoms with Crippen LogP contribution in [-0.4, -0.2) is 71.1 Å². The molecule has 0 aliphatic carbocycles. The molecular weight excluding hydrogens is 238 g/mol. The lowest BCUT2D eigenvalue weighted by atomic mass is 11.0. The fourth-order valence-electron chi connectivity index (χ4n) is 0. The van der Waals surface area contributed by atoms with Crippen LogP contribution in [0.15, 0.2) is 0 Å². The van der Waals surface area contributed by atoms with Gasteiger partial charge in [0, 0.05) is 14.1 Å². The van der Waals surface area contributed by atoms with Crippen LogP contribution in [0.2, 0.25) is 0 Å². The number of amides is 1. The largest absolute Gasteiger partial charge is 0.394 e.